The van der Waals surface area contributed by atoms with Gasteiger partial charge in [-0.15, -0.1) is 0 Å². The molecule has 0 aromatic heterocycles. The maximum absolute atomic E-state index is 8.75. The number of hydrogen-bond acceptors (Lipinski definition) is 3. The highest BCUT2D eigenvalue weighted by Gasteiger charge is 2.15. The number of nitriles is 1. The van der Waals surface area contributed by atoms with Crippen LogP contribution in [0.3, 0.4) is 0 Å². The van der Waals surface area contributed by atoms with Crippen molar-refractivity contribution in [3.8, 4) is 6.07 Å². The van der Waals surface area contributed by atoms with Gasteiger partial charge < -0.3 is 5.21 Å². The van der Waals surface area contributed by atoms with E-state index in [0.29, 0.717) is 5.56 Å². The third-order valence-corrected chi connectivity index (χ3v) is 1.89. The van der Waals surface area contributed by atoms with Crippen molar-refractivity contribution < 1.29 is 5.21 Å². The van der Waals surface area contributed by atoms with Gasteiger partial charge in [0.25, 0.3) is 0 Å². The molecule has 0 saturated carbocycles. The Hall–Kier alpha value is -1.53. The van der Waals surface area contributed by atoms with Crippen molar-refractivity contribution in [3.63, 3.8) is 0 Å². The van der Waals surface area contributed by atoms with Gasteiger partial charge >= 0.3 is 0 Å². The molecule has 1 atom stereocenters. The Morgan fingerprint density at radius 3 is 2.54 bits per heavy atom. The largest absolute Gasteiger partial charge is 0.410 e. The third kappa shape index (κ3) is 2.20. The van der Waals surface area contributed by atoms with Crippen molar-refractivity contribution in [2.45, 2.75) is 5.92 Å². The molecule has 0 amide bonds. The standard InChI is InChI=1S/C9H7ClN2O/c10-9(12-13)8(6-11)7-4-2-1-3-5-7/h1-5,8,13H/b12-9-. The van der Waals surface area contributed by atoms with Crippen LogP contribution in [0.1, 0.15) is 11.5 Å². The lowest BCUT2D eigenvalue weighted by molar-refractivity contribution is 0.319. The molecule has 1 aromatic carbocycles. The summed E-state index contributed by atoms with van der Waals surface area (Å²) in [4.78, 5) is 0. The van der Waals surface area contributed by atoms with Gasteiger partial charge in [0.2, 0.25) is 0 Å². The topological polar surface area (TPSA) is 56.4 Å². The van der Waals surface area contributed by atoms with Crippen LogP contribution >= 0.6 is 11.6 Å². The lowest BCUT2D eigenvalue weighted by Crippen LogP contribution is -2.04. The number of benzene rings is 1. The van der Waals surface area contributed by atoms with Gasteiger partial charge in [0.05, 0.1) is 6.07 Å². The van der Waals surface area contributed by atoms with Crippen LogP contribution in [0.15, 0.2) is 35.5 Å². The Bertz CT molecular complexity index is 342. The lowest BCUT2D eigenvalue weighted by Gasteiger charge is -2.04. The highest BCUT2D eigenvalue weighted by Crippen LogP contribution is 2.18. The Labute approximate surface area is 80.9 Å². The summed E-state index contributed by atoms with van der Waals surface area (Å²) in [5.74, 6) is -0.687. The summed E-state index contributed by atoms with van der Waals surface area (Å²) in [6.45, 7) is 0. The third-order valence-electron chi connectivity index (χ3n) is 1.60. The summed E-state index contributed by atoms with van der Waals surface area (Å²) in [5, 5.41) is 19.8. The number of nitrogens with zero attached hydrogens (tertiary/aromatic N) is 2. The van der Waals surface area contributed by atoms with E-state index in [4.69, 9.17) is 22.1 Å². The highest BCUT2D eigenvalue weighted by molar-refractivity contribution is 6.66. The number of hydrogen-bond donors (Lipinski definition) is 1. The van der Waals surface area contributed by atoms with Crippen LogP contribution in [0.25, 0.3) is 0 Å². The molecule has 1 aromatic rings. The zero-order valence-corrected chi connectivity index (χ0v) is 7.44. The Morgan fingerprint density at radius 2 is 2.08 bits per heavy atom. The first-order valence-electron chi connectivity index (χ1n) is 3.61. The Kier molecular flexibility index (Phi) is 3.30. The van der Waals surface area contributed by atoms with E-state index in [1.165, 1.54) is 0 Å². The van der Waals surface area contributed by atoms with Crippen LogP contribution in [-0.2, 0) is 0 Å². The van der Waals surface area contributed by atoms with E-state index in [1.807, 2.05) is 12.1 Å². The maximum atomic E-state index is 8.75. The van der Waals surface area contributed by atoms with Crippen LogP contribution in [-0.4, -0.2) is 10.4 Å². The fourth-order valence-corrected chi connectivity index (χ4v) is 1.14. The van der Waals surface area contributed by atoms with Crippen molar-refractivity contribution in [2.75, 3.05) is 0 Å². The van der Waals surface area contributed by atoms with E-state index in [2.05, 4.69) is 5.16 Å². The second-order valence-electron chi connectivity index (χ2n) is 2.40. The van der Waals surface area contributed by atoms with Crippen molar-refractivity contribution in [2.24, 2.45) is 5.16 Å². The van der Waals surface area contributed by atoms with Crippen LogP contribution in [0.4, 0.5) is 0 Å². The fraction of sp³-hybridized carbons (Fsp3) is 0.111. The van der Waals surface area contributed by atoms with Gasteiger partial charge in [-0.2, -0.15) is 5.26 Å². The summed E-state index contributed by atoms with van der Waals surface area (Å²) in [5.41, 5.74) is 0.716. The Balaban J connectivity index is 3.00. The average Bonchev–Trinajstić information content (AvgIpc) is 2.20. The molecule has 0 saturated heterocycles. The molecule has 0 bridgehead atoms. The summed E-state index contributed by atoms with van der Waals surface area (Å²) in [6, 6.07) is 10.9. The molecular weight excluding hydrogens is 188 g/mol. The molecule has 0 aliphatic carbocycles. The first kappa shape index (κ1) is 9.56. The zero-order chi connectivity index (χ0) is 9.68. The van der Waals surface area contributed by atoms with E-state index in [1.54, 1.807) is 24.3 Å². The quantitative estimate of drug-likeness (QED) is 0.446. The highest BCUT2D eigenvalue weighted by atomic mass is 35.5. The summed E-state index contributed by atoms with van der Waals surface area (Å²) >= 11 is 5.54. The molecule has 0 spiro atoms. The molecule has 4 heteroatoms. The molecule has 3 nitrogen and oxygen atoms in total. The summed E-state index contributed by atoms with van der Waals surface area (Å²) < 4.78 is 0. The lowest BCUT2D eigenvalue weighted by atomic mass is 10.0. The molecule has 0 aliphatic rings. The second-order valence-corrected chi connectivity index (χ2v) is 2.78. The number of halogens is 1. The van der Waals surface area contributed by atoms with E-state index >= 15 is 0 Å². The predicted octanol–water partition coefficient (Wildman–Crippen LogP) is 2.32. The van der Waals surface area contributed by atoms with Gasteiger partial charge in [0, 0.05) is 0 Å². The van der Waals surface area contributed by atoms with E-state index in [9.17, 15) is 0 Å². The summed E-state index contributed by atoms with van der Waals surface area (Å²) in [6.07, 6.45) is 0. The second kappa shape index (κ2) is 4.48. The minimum absolute atomic E-state index is 0.117. The maximum Gasteiger partial charge on any atom is 0.166 e. The molecule has 0 heterocycles. The number of rotatable bonds is 2. The van der Waals surface area contributed by atoms with Crippen molar-refractivity contribution in [1.29, 1.82) is 5.26 Å². The van der Waals surface area contributed by atoms with Gasteiger partial charge in [-0.3, -0.25) is 0 Å². The summed E-state index contributed by atoms with van der Waals surface area (Å²) in [7, 11) is 0. The fourth-order valence-electron chi connectivity index (χ4n) is 0.969. The van der Waals surface area contributed by atoms with Gasteiger partial charge in [-0.05, 0) is 5.56 Å². The van der Waals surface area contributed by atoms with Crippen LogP contribution in [0, 0.1) is 11.3 Å². The van der Waals surface area contributed by atoms with Crippen molar-refractivity contribution in [3.05, 3.63) is 35.9 Å². The predicted molar refractivity (Wildman–Crippen MR) is 49.9 cm³/mol. The molecule has 1 N–H and O–H groups in total. The van der Waals surface area contributed by atoms with Crippen molar-refractivity contribution in [1.82, 2.24) is 0 Å². The SMILES string of the molecule is N#CC(/C(Cl)=N/O)c1ccccc1. The zero-order valence-electron chi connectivity index (χ0n) is 6.68. The minimum Gasteiger partial charge on any atom is -0.410 e. The van der Waals surface area contributed by atoms with Crippen LogP contribution in [0.5, 0.6) is 0 Å². The first-order valence-corrected chi connectivity index (χ1v) is 3.99. The van der Waals surface area contributed by atoms with Gasteiger partial charge in [0.15, 0.2) is 5.17 Å². The molecular formula is C9H7ClN2O. The van der Waals surface area contributed by atoms with Gasteiger partial charge in [-0.25, -0.2) is 0 Å². The average molecular weight is 195 g/mol. The molecule has 1 rings (SSSR count). The van der Waals surface area contributed by atoms with Crippen LogP contribution in [0.2, 0.25) is 0 Å². The van der Waals surface area contributed by atoms with Gasteiger partial charge in [-0.1, -0.05) is 47.1 Å². The molecule has 0 fully saturated rings. The molecule has 1 unspecified atom stereocenters. The van der Waals surface area contributed by atoms with Crippen LogP contribution < -0.4 is 0 Å². The van der Waals surface area contributed by atoms with Crippen molar-refractivity contribution >= 4 is 16.8 Å². The monoisotopic (exact) mass is 194 g/mol. The minimum atomic E-state index is -0.687. The van der Waals surface area contributed by atoms with E-state index < -0.39 is 5.92 Å². The molecule has 13 heavy (non-hydrogen) atoms. The Morgan fingerprint density at radius 1 is 1.46 bits per heavy atom. The molecule has 66 valence electrons. The molecule has 0 aliphatic heterocycles. The normalized spacial score (nSPS) is 13.4. The van der Waals surface area contributed by atoms with E-state index in [-0.39, 0.29) is 5.17 Å². The first-order chi connectivity index (χ1) is 6.29. The molecule has 0 radical (unpaired) electrons. The smallest absolute Gasteiger partial charge is 0.166 e. The van der Waals surface area contributed by atoms with E-state index in [0.717, 1.165) is 0 Å². The number of oxime groups is 1. The van der Waals surface area contributed by atoms with Gasteiger partial charge in [0.1, 0.15) is 5.92 Å².